The zero-order valence-corrected chi connectivity index (χ0v) is 5.49. The number of hydrogen-bond donors (Lipinski definition) is 0. The fraction of sp³-hybridized carbons (Fsp3) is 0.429. The van der Waals surface area contributed by atoms with Gasteiger partial charge in [-0.25, -0.2) is 0 Å². The first-order valence-electron chi connectivity index (χ1n) is 2.43. The Hall–Kier alpha value is -0.900. The lowest BCUT2D eigenvalue weighted by molar-refractivity contribution is 0.339. The Kier molecular flexibility index (Phi) is 3.78. The minimum atomic E-state index is 1.10. The molecule has 0 radical (unpaired) electrons. The Morgan fingerprint density at radius 3 is 2.50 bits per heavy atom. The summed E-state index contributed by atoms with van der Waals surface area (Å²) in [6, 6.07) is 0. The maximum absolute atomic E-state index is 4.58. The van der Waals surface area contributed by atoms with Crippen molar-refractivity contribution in [1.82, 2.24) is 0 Å². The summed E-state index contributed by atoms with van der Waals surface area (Å²) >= 11 is 0. The molecule has 0 aromatic rings. The second kappa shape index (κ2) is 4.26. The van der Waals surface area contributed by atoms with E-state index in [1.807, 2.05) is 13.8 Å². The van der Waals surface area contributed by atoms with Crippen LogP contribution in [0.25, 0.3) is 0 Å². The second-order valence-corrected chi connectivity index (χ2v) is 1.62. The van der Waals surface area contributed by atoms with Gasteiger partial charge >= 0.3 is 0 Å². The van der Waals surface area contributed by atoms with Gasteiger partial charge in [-0.1, -0.05) is 5.73 Å². The molecule has 44 valence electrons. The Morgan fingerprint density at radius 1 is 1.50 bits per heavy atom. The molecule has 0 N–H and O–H groups in total. The van der Waals surface area contributed by atoms with E-state index in [9.17, 15) is 0 Å². The fourth-order valence-electron chi connectivity index (χ4n) is 0.233. The van der Waals surface area contributed by atoms with Crippen molar-refractivity contribution in [2.75, 3.05) is 7.11 Å². The van der Waals surface area contributed by atoms with Gasteiger partial charge in [0.1, 0.15) is 6.26 Å². The molecule has 0 saturated heterocycles. The van der Waals surface area contributed by atoms with Gasteiger partial charge in [-0.3, -0.25) is 0 Å². The normalized spacial score (nSPS) is 6.38. The van der Waals surface area contributed by atoms with E-state index >= 15 is 0 Å². The molecule has 0 aromatic heterocycles. The number of hydrogen-bond acceptors (Lipinski definition) is 1. The van der Waals surface area contributed by atoms with Gasteiger partial charge in [0.25, 0.3) is 0 Å². The van der Waals surface area contributed by atoms with E-state index in [2.05, 4.69) is 16.2 Å². The molecule has 0 amide bonds. The lowest BCUT2D eigenvalue weighted by Gasteiger charge is -1.75. The monoisotopic (exact) mass is 110 g/mol. The number of methoxy groups -OCH3 is 1. The van der Waals surface area contributed by atoms with Crippen LogP contribution in [0.1, 0.15) is 13.8 Å². The molecule has 0 unspecified atom stereocenters. The van der Waals surface area contributed by atoms with Crippen LogP contribution < -0.4 is 0 Å². The second-order valence-electron chi connectivity index (χ2n) is 1.62. The molecule has 0 heterocycles. The highest BCUT2D eigenvalue weighted by Crippen LogP contribution is 1.80. The van der Waals surface area contributed by atoms with Gasteiger partial charge in [0.05, 0.1) is 7.11 Å². The van der Waals surface area contributed by atoms with Crippen LogP contribution >= 0.6 is 0 Å². The molecule has 1 heteroatoms. The van der Waals surface area contributed by atoms with Crippen LogP contribution in [0.2, 0.25) is 0 Å². The van der Waals surface area contributed by atoms with Crippen molar-refractivity contribution in [3.8, 4) is 0 Å². The number of rotatable bonds is 1. The van der Waals surface area contributed by atoms with Crippen molar-refractivity contribution in [2.45, 2.75) is 13.8 Å². The summed E-state index contributed by atoms with van der Waals surface area (Å²) in [4.78, 5) is 0. The van der Waals surface area contributed by atoms with Gasteiger partial charge in [0.15, 0.2) is 0 Å². The van der Waals surface area contributed by atoms with Gasteiger partial charge in [0.2, 0.25) is 0 Å². The van der Waals surface area contributed by atoms with E-state index < -0.39 is 0 Å². The van der Waals surface area contributed by atoms with Crippen LogP contribution in [0.4, 0.5) is 0 Å². The van der Waals surface area contributed by atoms with Gasteiger partial charge in [-0.05, 0) is 25.2 Å². The molecule has 0 saturated carbocycles. The van der Waals surface area contributed by atoms with Gasteiger partial charge in [-0.2, -0.15) is 0 Å². The first-order valence-corrected chi connectivity index (χ1v) is 2.43. The van der Waals surface area contributed by atoms with E-state index in [4.69, 9.17) is 0 Å². The molecule has 0 spiro atoms. The highest BCUT2D eigenvalue weighted by molar-refractivity contribution is 4.92. The lowest BCUT2D eigenvalue weighted by Crippen LogP contribution is -1.57. The highest BCUT2D eigenvalue weighted by atomic mass is 16.5. The summed E-state index contributed by atoms with van der Waals surface area (Å²) in [7, 11) is 1.58. The summed E-state index contributed by atoms with van der Waals surface area (Å²) in [5, 5.41) is 0. The quantitative estimate of drug-likeness (QED) is 0.370. The average molecular weight is 110 g/mol. The molecule has 0 aliphatic carbocycles. The molecule has 0 aliphatic rings. The van der Waals surface area contributed by atoms with Gasteiger partial charge in [0, 0.05) is 0 Å². The smallest absolute Gasteiger partial charge is 0.133 e. The van der Waals surface area contributed by atoms with E-state index in [-0.39, 0.29) is 0 Å². The Labute approximate surface area is 50.0 Å². The van der Waals surface area contributed by atoms with E-state index in [0.29, 0.717) is 0 Å². The van der Waals surface area contributed by atoms with Crippen molar-refractivity contribution >= 4 is 0 Å². The number of ether oxygens (including phenoxy) is 1. The third-order valence-electron chi connectivity index (χ3n) is 0.499. The number of allylic oxidation sites excluding steroid dienone is 1. The molecular weight excluding hydrogens is 100 g/mol. The van der Waals surface area contributed by atoms with Crippen LogP contribution in [0.5, 0.6) is 0 Å². The molecule has 0 aliphatic heterocycles. The predicted molar refractivity (Wildman–Crippen MR) is 33.5 cm³/mol. The summed E-state index contributed by atoms with van der Waals surface area (Å²) in [5.74, 6) is 0. The summed E-state index contributed by atoms with van der Waals surface area (Å²) in [6.07, 6.45) is 1.47. The zero-order valence-electron chi connectivity index (χ0n) is 5.49. The third-order valence-corrected chi connectivity index (χ3v) is 0.499. The van der Waals surface area contributed by atoms with E-state index in [0.717, 1.165) is 5.57 Å². The summed E-state index contributed by atoms with van der Waals surface area (Å²) in [5.41, 5.74) is 6.63. The average Bonchev–Trinajstić information content (AvgIpc) is 1.66. The molecular formula is C7H10O. The predicted octanol–water partition coefficient (Wildman–Crippen LogP) is 1.87. The van der Waals surface area contributed by atoms with Crippen LogP contribution in [-0.4, -0.2) is 7.11 Å². The summed E-state index contributed by atoms with van der Waals surface area (Å²) < 4.78 is 4.58. The Morgan fingerprint density at radius 2 is 2.12 bits per heavy atom. The van der Waals surface area contributed by atoms with E-state index in [1.165, 1.54) is 6.26 Å². The minimum Gasteiger partial charge on any atom is -0.496 e. The van der Waals surface area contributed by atoms with Crippen molar-refractivity contribution in [2.24, 2.45) is 0 Å². The fourth-order valence-corrected chi connectivity index (χ4v) is 0.233. The maximum atomic E-state index is 4.58. The largest absolute Gasteiger partial charge is 0.496 e. The third kappa shape index (κ3) is 5.10. The first-order chi connectivity index (χ1) is 3.77. The molecule has 0 aromatic carbocycles. The molecule has 8 heavy (non-hydrogen) atoms. The van der Waals surface area contributed by atoms with Gasteiger partial charge in [-0.15, -0.1) is 0 Å². The van der Waals surface area contributed by atoms with Crippen molar-refractivity contribution in [3.05, 3.63) is 23.3 Å². The molecule has 0 bridgehead atoms. The Balaban J connectivity index is 4.00. The first kappa shape index (κ1) is 7.10. The van der Waals surface area contributed by atoms with E-state index in [1.54, 1.807) is 7.11 Å². The SMILES string of the molecule is COC=C=C=C(C)C. The maximum Gasteiger partial charge on any atom is 0.133 e. The standard InChI is InChI=1S/C7H10O/c1-7(2)5-4-6-8-3/h6H,1-3H3. The topological polar surface area (TPSA) is 9.23 Å². The molecule has 0 atom stereocenters. The van der Waals surface area contributed by atoms with Crippen LogP contribution in [0, 0.1) is 0 Å². The zero-order chi connectivity index (χ0) is 6.41. The molecule has 0 fully saturated rings. The van der Waals surface area contributed by atoms with Crippen molar-refractivity contribution in [3.63, 3.8) is 0 Å². The molecule has 0 rings (SSSR count). The Bertz CT molecular complexity index is 140. The van der Waals surface area contributed by atoms with Crippen LogP contribution in [-0.2, 0) is 4.74 Å². The highest BCUT2D eigenvalue weighted by Gasteiger charge is 1.61. The van der Waals surface area contributed by atoms with Gasteiger partial charge < -0.3 is 4.74 Å². The minimum absolute atomic E-state index is 1.10. The van der Waals surface area contributed by atoms with Crippen LogP contribution in [0.3, 0.4) is 0 Å². The summed E-state index contributed by atoms with van der Waals surface area (Å²) in [6.45, 7) is 3.91. The van der Waals surface area contributed by atoms with Crippen molar-refractivity contribution in [1.29, 1.82) is 0 Å². The molecule has 1 nitrogen and oxygen atoms in total. The lowest BCUT2D eigenvalue weighted by atomic mass is 10.4. The van der Waals surface area contributed by atoms with Crippen molar-refractivity contribution < 1.29 is 4.74 Å². The van der Waals surface area contributed by atoms with Crippen LogP contribution in [0.15, 0.2) is 23.3 Å².